The van der Waals surface area contributed by atoms with Crippen molar-refractivity contribution in [2.75, 3.05) is 20.2 Å². The van der Waals surface area contributed by atoms with E-state index in [1.807, 2.05) is 0 Å². The van der Waals surface area contributed by atoms with Crippen molar-refractivity contribution >= 4 is 15.9 Å². The molecule has 1 aliphatic heterocycles. The van der Waals surface area contributed by atoms with Gasteiger partial charge in [-0.05, 0) is 44.0 Å². The fraction of sp³-hybridized carbons (Fsp3) is 0.538. The van der Waals surface area contributed by atoms with Crippen LogP contribution >= 0.6 is 15.9 Å². The highest BCUT2D eigenvalue weighted by Gasteiger charge is 2.33. The molecule has 0 atom stereocenters. The monoisotopic (exact) mass is 337 g/mol. The summed E-state index contributed by atoms with van der Waals surface area (Å²) in [5.41, 5.74) is 0.158. The van der Waals surface area contributed by atoms with Crippen LogP contribution in [0.5, 0.6) is 5.75 Å². The van der Waals surface area contributed by atoms with Crippen LogP contribution in [-0.2, 0) is 6.18 Å². The maximum absolute atomic E-state index is 12.8. The molecule has 0 aliphatic carbocycles. The van der Waals surface area contributed by atoms with Gasteiger partial charge in [-0.3, -0.25) is 0 Å². The highest BCUT2D eigenvalue weighted by Crippen LogP contribution is 2.42. The van der Waals surface area contributed by atoms with Gasteiger partial charge >= 0.3 is 6.18 Å². The lowest BCUT2D eigenvalue weighted by molar-refractivity contribution is -0.137. The van der Waals surface area contributed by atoms with Crippen molar-refractivity contribution in [1.29, 1.82) is 0 Å². The van der Waals surface area contributed by atoms with Crippen LogP contribution in [0, 0.1) is 0 Å². The Morgan fingerprint density at radius 2 is 1.89 bits per heavy atom. The second-order valence-corrected chi connectivity index (χ2v) is 5.45. The van der Waals surface area contributed by atoms with Gasteiger partial charge in [-0.2, -0.15) is 13.2 Å². The third kappa shape index (κ3) is 3.23. The van der Waals surface area contributed by atoms with E-state index in [0.29, 0.717) is 10.2 Å². The first kappa shape index (κ1) is 14.7. The van der Waals surface area contributed by atoms with Crippen molar-refractivity contribution in [3.8, 4) is 5.75 Å². The third-order valence-corrected chi connectivity index (χ3v) is 4.04. The Hall–Kier alpha value is -0.750. The third-order valence-electron chi connectivity index (χ3n) is 3.39. The summed E-state index contributed by atoms with van der Waals surface area (Å²) in [5, 5.41) is 3.24. The molecule has 0 amide bonds. The number of hydrogen-bond donors (Lipinski definition) is 1. The molecule has 1 saturated heterocycles. The van der Waals surface area contributed by atoms with Crippen molar-refractivity contribution in [3.63, 3.8) is 0 Å². The van der Waals surface area contributed by atoms with E-state index in [1.54, 1.807) is 0 Å². The number of ether oxygens (including phenoxy) is 1. The molecule has 0 aromatic heterocycles. The Bertz CT molecular complexity index is 456. The van der Waals surface area contributed by atoms with Gasteiger partial charge in [0.2, 0.25) is 0 Å². The number of hydrogen-bond acceptors (Lipinski definition) is 2. The van der Waals surface area contributed by atoms with Gasteiger partial charge in [0, 0.05) is 10.0 Å². The van der Waals surface area contributed by atoms with Crippen LogP contribution in [0.1, 0.15) is 29.9 Å². The van der Waals surface area contributed by atoms with Crippen molar-refractivity contribution in [3.05, 3.63) is 27.7 Å². The number of benzene rings is 1. The second kappa shape index (κ2) is 5.71. The number of halogens is 4. The topological polar surface area (TPSA) is 21.3 Å². The Kier molecular flexibility index (Phi) is 4.40. The molecule has 0 unspecified atom stereocenters. The molecule has 1 aromatic carbocycles. The zero-order valence-electron chi connectivity index (χ0n) is 10.5. The molecule has 1 N–H and O–H groups in total. The SMILES string of the molecule is COc1cc(C(F)(F)F)cc(Br)c1C1CCNCC1. The van der Waals surface area contributed by atoms with Gasteiger partial charge in [0.15, 0.2) is 0 Å². The highest BCUT2D eigenvalue weighted by atomic mass is 79.9. The Morgan fingerprint density at radius 3 is 2.42 bits per heavy atom. The minimum atomic E-state index is -4.36. The molecule has 106 valence electrons. The maximum Gasteiger partial charge on any atom is 0.416 e. The average Bonchev–Trinajstić information content (AvgIpc) is 2.37. The summed E-state index contributed by atoms with van der Waals surface area (Å²) >= 11 is 3.27. The molecule has 6 heteroatoms. The fourth-order valence-corrected chi connectivity index (χ4v) is 3.20. The number of rotatable bonds is 2. The molecule has 0 bridgehead atoms. The van der Waals surface area contributed by atoms with Crippen molar-refractivity contribution in [2.45, 2.75) is 24.9 Å². The minimum Gasteiger partial charge on any atom is -0.496 e. The zero-order valence-corrected chi connectivity index (χ0v) is 12.1. The highest BCUT2D eigenvalue weighted by molar-refractivity contribution is 9.10. The quantitative estimate of drug-likeness (QED) is 0.882. The van der Waals surface area contributed by atoms with E-state index in [-0.39, 0.29) is 5.92 Å². The van der Waals surface area contributed by atoms with Gasteiger partial charge in [0.1, 0.15) is 5.75 Å². The Morgan fingerprint density at radius 1 is 1.26 bits per heavy atom. The molecule has 0 spiro atoms. The molecule has 1 aromatic rings. The first-order valence-corrected chi connectivity index (χ1v) is 6.88. The van der Waals surface area contributed by atoms with Crippen LogP contribution in [0.4, 0.5) is 13.2 Å². The van der Waals surface area contributed by atoms with Crippen LogP contribution in [0.25, 0.3) is 0 Å². The van der Waals surface area contributed by atoms with E-state index in [9.17, 15) is 13.2 Å². The number of methoxy groups -OCH3 is 1. The summed E-state index contributed by atoms with van der Waals surface area (Å²) in [5.74, 6) is 0.543. The van der Waals surface area contributed by atoms with Crippen LogP contribution in [0.2, 0.25) is 0 Å². The van der Waals surface area contributed by atoms with Crippen LogP contribution in [0.3, 0.4) is 0 Å². The van der Waals surface area contributed by atoms with E-state index in [2.05, 4.69) is 21.2 Å². The number of nitrogens with one attached hydrogen (secondary N) is 1. The predicted molar refractivity (Wildman–Crippen MR) is 70.5 cm³/mol. The van der Waals surface area contributed by atoms with Gasteiger partial charge in [-0.15, -0.1) is 0 Å². The molecule has 0 radical (unpaired) electrons. The lowest BCUT2D eigenvalue weighted by Gasteiger charge is -2.26. The lowest BCUT2D eigenvalue weighted by atomic mass is 9.89. The first-order chi connectivity index (χ1) is 8.93. The van der Waals surface area contributed by atoms with Gasteiger partial charge in [0.05, 0.1) is 12.7 Å². The minimum absolute atomic E-state index is 0.229. The van der Waals surface area contributed by atoms with E-state index < -0.39 is 11.7 Å². The molecule has 0 saturated carbocycles. The van der Waals surface area contributed by atoms with Crippen LogP contribution in [0.15, 0.2) is 16.6 Å². The largest absolute Gasteiger partial charge is 0.496 e. The molecular weight excluding hydrogens is 323 g/mol. The summed E-state index contributed by atoms with van der Waals surface area (Å²) in [6.45, 7) is 1.75. The van der Waals surface area contributed by atoms with E-state index in [1.165, 1.54) is 7.11 Å². The van der Waals surface area contributed by atoms with Crippen LogP contribution in [-0.4, -0.2) is 20.2 Å². The van der Waals surface area contributed by atoms with E-state index in [4.69, 9.17) is 4.74 Å². The molecular formula is C13H15BrF3NO. The first-order valence-electron chi connectivity index (χ1n) is 6.09. The summed E-state index contributed by atoms with van der Waals surface area (Å²) < 4.78 is 44.0. The number of piperidine rings is 1. The molecule has 1 fully saturated rings. The predicted octanol–water partition coefficient (Wildman–Crippen LogP) is 3.94. The summed E-state index contributed by atoms with van der Waals surface area (Å²) in [6.07, 6.45) is -2.55. The van der Waals surface area contributed by atoms with Gasteiger partial charge in [-0.1, -0.05) is 15.9 Å². The summed E-state index contributed by atoms with van der Waals surface area (Å²) in [7, 11) is 1.41. The molecule has 2 nitrogen and oxygen atoms in total. The normalized spacial score (nSPS) is 17.5. The Labute approximate surface area is 118 Å². The fourth-order valence-electron chi connectivity index (χ4n) is 2.43. The lowest BCUT2D eigenvalue weighted by Crippen LogP contribution is -2.27. The maximum atomic E-state index is 12.8. The van der Waals surface area contributed by atoms with Crippen molar-refractivity contribution < 1.29 is 17.9 Å². The van der Waals surface area contributed by atoms with E-state index >= 15 is 0 Å². The summed E-state index contributed by atoms with van der Waals surface area (Å²) in [6, 6.07) is 2.22. The van der Waals surface area contributed by atoms with E-state index in [0.717, 1.165) is 43.6 Å². The van der Waals surface area contributed by atoms with Gasteiger partial charge in [0.25, 0.3) is 0 Å². The van der Waals surface area contributed by atoms with Crippen molar-refractivity contribution in [1.82, 2.24) is 5.32 Å². The smallest absolute Gasteiger partial charge is 0.416 e. The van der Waals surface area contributed by atoms with Gasteiger partial charge in [-0.25, -0.2) is 0 Å². The van der Waals surface area contributed by atoms with Crippen LogP contribution < -0.4 is 10.1 Å². The molecule has 2 rings (SSSR count). The zero-order chi connectivity index (χ0) is 14.0. The standard InChI is InChI=1S/C13H15BrF3NO/c1-19-11-7-9(13(15,16)17)6-10(14)12(11)8-2-4-18-5-3-8/h6-8,18H,2-5H2,1H3. The Balaban J connectivity index is 2.43. The average molecular weight is 338 g/mol. The molecule has 19 heavy (non-hydrogen) atoms. The summed E-state index contributed by atoms with van der Waals surface area (Å²) in [4.78, 5) is 0. The number of alkyl halides is 3. The molecule has 1 aliphatic rings. The van der Waals surface area contributed by atoms with Gasteiger partial charge < -0.3 is 10.1 Å². The van der Waals surface area contributed by atoms with Crippen molar-refractivity contribution in [2.24, 2.45) is 0 Å². The second-order valence-electron chi connectivity index (χ2n) is 4.60. The molecule has 1 heterocycles.